The first-order chi connectivity index (χ1) is 16.1. The lowest BCUT2D eigenvalue weighted by molar-refractivity contribution is -0.136. The minimum absolute atomic E-state index is 0.00690. The summed E-state index contributed by atoms with van der Waals surface area (Å²) in [5.41, 5.74) is 0.777. The van der Waals surface area contributed by atoms with Crippen LogP contribution in [-0.4, -0.2) is 33.2 Å². The number of aromatic nitrogens is 3. The summed E-state index contributed by atoms with van der Waals surface area (Å²) in [7, 11) is 0. The van der Waals surface area contributed by atoms with Gasteiger partial charge in [-0.05, 0) is 58.1 Å². The van der Waals surface area contributed by atoms with E-state index in [1.165, 1.54) is 29.9 Å². The zero-order valence-electron chi connectivity index (χ0n) is 19.1. The zero-order chi connectivity index (χ0) is 24.6. The molecule has 4 rings (SSSR count). The number of thiophene rings is 1. The van der Waals surface area contributed by atoms with E-state index in [1.807, 2.05) is 0 Å². The van der Waals surface area contributed by atoms with Crippen LogP contribution in [0.4, 0.5) is 18.2 Å². The summed E-state index contributed by atoms with van der Waals surface area (Å²) in [6.07, 6.45) is 0.0272. The number of pyridine rings is 1. The second-order valence-electron chi connectivity index (χ2n) is 8.29. The van der Waals surface area contributed by atoms with Gasteiger partial charge in [0.2, 0.25) is 5.91 Å². The molecule has 3 heterocycles. The van der Waals surface area contributed by atoms with Gasteiger partial charge in [-0.2, -0.15) is 18.3 Å². The van der Waals surface area contributed by atoms with Crippen LogP contribution in [0.3, 0.4) is 0 Å². The minimum atomic E-state index is -4.57. The van der Waals surface area contributed by atoms with E-state index in [0.717, 1.165) is 48.6 Å². The Morgan fingerprint density at radius 3 is 2.65 bits per heavy atom. The van der Waals surface area contributed by atoms with Gasteiger partial charge in [-0.1, -0.05) is 6.42 Å². The summed E-state index contributed by atoms with van der Waals surface area (Å²) in [6.45, 7) is 4.51. The summed E-state index contributed by atoms with van der Waals surface area (Å²) >= 11 is 1.36. The quantitative estimate of drug-likeness (QED) is 0.389. The molecule has 11 heteroatoms. The van der Waals surface area contributed by atoms with Crippen molar-refractivity contribution in [3.63, 3.8) is 0 Å². The zero-order valence-corrected chi connectivity index (χ0v) is 20.0. The normalized spacial score (nSPS) is 14.1. The van der Waals surface area contributed by atoms with Gasteiger partial charge in [-0.3, -0.25) is 4.79 Å². The average Bonchev–Trinajstić information content (AvgIpc) is 3.13. The standard InChI is InChI=1S/C23H25F3N4O3S/c1-4-33-22(32)19-14-8-6-5-7-9-16(14)34-21(19)28-17(31)11-30-20-18(13(3)29-30)15(23(24,25)26)10-12(2)27-20/h10H,4-9,11H2,1-3H3,(H,28,31). The number of halogens is 3. The minimum Gasteiger partial charge on any atom is -0.462 e. The molecule has 0 unspecified atom stereocenters. The van der Waals surface area contributed by atoms with Crippen LogP contribution >= 0.6 is 11.3 Å². The maximum atomic E-state index is 13.6. The predicted octanol–water partition coefficient (Wildman–Crippen LogP) is 5.21. The Balaban J connectivity index is 1.66. The lowest BCUT2D eigenvalue weighted by Gasteiger charge is -2.10. The SMILES string of the molecule is CCOC(=O)c1c(NC(=O)Cn2nc(C)c3c(C(F)(F)F)cc(C)nc32)sc2c1CCCCC2. The Hall–Kier alpha value is -2.95. The number of alkyl halides is 3. The average molecular weight is 495 g/mol. The van der Waals surface area contributed by atoms with Gasteiger partial charge in [0.1, 0.15) is 11.5 Å². The number of fused-ring (bicyclic) bond motifs is 2. The van der Waals surface area contributed by atoms with E-state index in [9.17, 15) is 22.8 Å². The van der Waals surface area contributed by atoms with E-state index in [2.05, 4.69) is 15.4 Å². The smallest absolute Gasteiger partial charge is 0.417 e. The van der Waals surface area contributed by atoms with Crippen LogP contribution in [0.5, 0.6) is 0 Å². The first kappa shape index (κ1) is 24.2. The number of nitrogens with zero attached hydrogens (tertiary/aromatic N) is 3. The molecule has 0 aliphatic heterocycles. The highest BCUT2D eigenvalue weighted by atomic mass is 32.1. The van der Waals surface area contributed by atoms with Crippen molar-refractivity contribution < 1.29 is 27.5 Å². The third kappa shape index (κ3) is 4.66. The van der Waals surface area contributed by atoms with E-state index in [-0.39, 0.29) is 35.6 Å². The van der Waals surface area contributed by atoms with Crippen molar-refractivity contribution in [2.75, 3.05) is 11.9 Å². The number of nitrogens with one attached hydrogen (secondary N) is 1. The molecule has 7 nitrogen and oxygen atoms in total. The fourth-order valence-electron chi connectivity index (χ4n) is 4.36. The molecule has 1 aliphatic rings. The van der Waals surface area contributed by atoms with Crippen molar-refractivity contribution in [3.05, 3.63) is 39.0 Å². The van der Waals surface area contributed by atoms with Crippen molar-refractivity contribution in [2.24, 2.45) is 0 Å². The molecule has 0 atom stereocenters. The fourth-order valence-corrected chi connectivity index (χ4v) is 5.66. The monoisotopic (exact) mass is 494 g/mol. The molecule has 182 valence electrons. The van der Waals surface area contributed by atoms with Crippen LogP contribution in [0.2, 0.25) is 0 Å². The van der Waals surface area contributed by atoms with E-state index < -0.39 is 23.6 Å². The number of rotatable bonds is 5. The first-order valence-electron chi connectivity index (χ1n) is 11.1. The van der Waals surface area contributed by atoms with Gasteiger partial charge in [-0.25, -0.2) is 14.5 Å². The Kier molecular flexibility index (Phi) is 6.66. The molecule has 0 spiro atoms. The van der Waals surface area contributed by atoms with E-state index in [0.29, 0.717) is 10.6 Å². The predicted molar refractivity (Wildman–Crippen MR) is 122 cm³/mol. The Labute approximate surface area is 198 Å². The molecular formula is C23H25F3N4O3S. The molecule has 3 aromatic heterocycles. The summed E-state index contributed by atoms with van der Waals surface area (Å²) in [5, 5.41) is 7.22. The third-order valence-electron chi connectivity index (χ3n) is 5.76. The molecule has 1 amide bonds. The molecule has 0 saturated heterocycles. The first-order valence-corrected chi connectivity index (χ1v) is 11.9. The molecule has 0 aromatic carbocycles. The highest BCUT2D eigenvalue weighted by molar-refractivity contribution is 7.17. The molecule has 1 N–H and O–H groups in total. The number of hydrogen-bond acceptors (Lipinski definition) is 6. The molecule has 0 saturated carbocycles. The molecule has 1 aliphatic carbocycles. The van der Waals surface area contributed by atoms with Gasteiger partial charge in [0, 0.05) is 10.6 Å². The van der Waals surface area contributed by atoms with Crippen molar-refractivity contribution >= 4 is 39.2 Å². The van der Waals surface area contributed by atoms with Gasteiger partial charge in [0.15, 0.2) is 5.65 Å². The highest BCUT2D eigenvalue weighted by Crippen LogP contribution is 2.39. The van der Waals surface area contributed by atoms with E-state index in [4.69, 9.17) is 4.74 Å². The lowest BCUT2D eigenvalue weighted by atomic mass is 10.1. The van der Waals surface area contributed by atoms with Crippen LogP contribution < -0.4 is 5.32 Å². The highest BCUT2D eigenvalue weighted by Gasteiger charge is 2.35. The molecule has 0 radical (unpaired) electrons. The van der Waals surface area contributed by atoms with Gasteiger partial charge in [0.05, 0.1) is 28.8 Å². The van der Waals surface area contributed by atoms with Crippen molar-refractivity contribution in [3.8, 4) is 0 Å². The number of esters is 1. The lowest BCUT2D eigenvalue weighted by Crippen LogP contribution is -2.21. The van der Waals surface area contributed by atoms with Crippen LogP contribution in [0.15, 0.2) is 6.07 Å². The van der Waals surface area contributed by atoms with Crippen LogP contribution in [0.25, 0.3) is 11.0 Å². The topological polar surface area (TPSA) is 86.1 Å². The number of hydrogen-bond donors (Lipinski definition) is 1. The Morgan fingerprint density at radius 2 is 1.94 bits per heavy atom. The van der Waals surface area contributed by atoms with E-state index in [1.54, 1.807) is 6.92 Å². The largest absolute Gasteiger partial charge is 0.462 e. The summed E-state index contributed by atoms with van der Waals surface area (Å²) in [4.78, 5) is 30.9. The number of anilines is 1. The second kappa shape index (κ2) is 9.36. The number of carbonyl (C=O) groups is 2. The molecular weight excluding hydrogens is 469 g/mol. The molecule has 0 bridgehead atoms. The number of aryl methyl sites for hydroxylation is 3. The fraction of sp³-hybridized carbons (Fsp3) is 0.478. The molecule has 34 heavy (non-hydrogen) atoms. The number of ether oxygens (including phenoxy) is 1. The number of amides is 1. The maximum absolute atomic E-state index is 13.6. The Morgan fingerprint density at radius 1 is 1.21 bits per heavy atom. The van der Waals surface area contributed by atoms with Gasteiger partial charge in [-0.15, -0.1) is 11.3 Å². The van der Waals surface area contributed by atoms with Crippen molar-refractivity contribution in [1.82, 2.24) is 14.8 Å². The van der Waals surface area contributed by atoms with Crippen molar-refractivity contribution in [1.29, 1.82) is 0 Å². The second-order valence-corrected chi connectivity index (χ2v) is 9.39. The van der Waals surface area contributed by atoms with Gasteiger partial charge >= 0.3 is 12.1 Å². The summed E-state index contributed by atoms with van der Waals surface area (Å²) in [5.74, 6) is -0.993. The Bertz CT molecular complexity index is 1260. The van der Waals surface area contributed by atoms with Gasteiger partial charge < -0.3 is 10.1 Å². The van der Waals surface area contributed by atoms with Crippen LogP contribution in [0, 0.1) is 13.8 Å². The van der Waals surface area contributed by atoms with Crippen LogP contribution in [-0.2, 0) is 35.1 Å². The molecule has 0 fully saturated rings. The summed E-state index contributed by atoms with van der Waals surface area (Å²) < 4.78 is 47.1. The van der Waals surface area contributed by atoms with Crippen molar-refractivity contribution in [2.45, 2.75) is 65.6 Å². The van der Waals surface area contributed by atoms with Crippen LogP contribution in [0.1, 0.15) is 63.9 Å². The van der Waals surface area contributed by atoms with E-state index >= 15 is 0 Å². The summed E-state index contributed by atoms with van der Waals surface area (Å²) in [6, 6.07) is 0.978. The van der Waals surface area contributed by atoms with Gasteiger partial charge in [0.25, 0.3) is 0 Å². The number of carbonyl (C=O) groups excluding carboxylic acids is 2. The maximum Gasteiger partial charge on any atom is 0.417 e. The third-order valence-corrected chi connectivity index (χ3v) is 6.97. The molecule has 3 aromatic rings.